The van der Waals surface area contributed by atoms with Gasteiger partial charge in [0.15, 0.2) is 9.84 Å². The SMILES string of the molecule is CCN(C(=O)CCN(CC(C)C)C(C)=O)C1CCS(=O)(=O)C1. The lowest BCUT2D eigenvalue weighted by molar-refractivity contribution is -0.134. The Hall–Kier alpha value is -1.11. The number of nitrogens with zero attached hydrogens (tertiary/aromatic N) is 2. The number of hydrogen-bond acceptors (Lipinski definition) is 4. The molecule has 0 bridgehead atoms. The van der Waals surface area contributed by atoms with Crippen molar-refractivity contribution >= 4 is 21.7 Å². The number of hydrogen-bond donors (Lipinski definition) is 0. The predicted octanol–water partition coefficient (Wildman–Crippen LogP) is 0.917. The van der Waals surface area contributed by atoms with Crippen LogP contribution >= 0.6 is 0 Å². The Balaban J connectivity index is 2.60. The van der Waals surface area contributed by atoms with Crippen LogP contribution < -0.4 is 0 Å². The molecule has 0 aromatic rings. The highest BCUT2D eigenvalue weighted by Gasteiger charge is 2.33. The fraction of sp³-hybridized carbons (Fsp3) is 0.867. The highest BCUT2D eigenvalue weighted by molar-refractivity contribution is 7.91. The summed E-state index contributed by atoms with van der Waals surface area (Å²) < 4.78 is 23.1. The molecule has 0 aromatic heterocycles. The van der Waals surface area contributed by atoms with Gasteiger partial charge in [-0.25, -0.2) is 8.42 Å². The molecule has 128 valence electrons. The van der Waals surface area contributed by atoms with Crippen molar-refractivity contribution in [1.82, 2.24) is 9.80 Å². The highest BCUT2D eigenvalue weighted by Crippen LogP contribution is 2.18. The van der Waals surface area contributed by atoms with Crippen LogP contribution in [0.25, 0.3) is 0 Å². The maximum absolute atomic E-state index is 12.4. The van der Waals surface area contributed by atoms with Crippen LogP contribution in [0.4, 0.5) is 0 Å². The van der Waals surface area contributed by atoms with Gasteiger partial charge in [-0.05, 0) is 19.3 Å². The van der Waals surface area contributed by atoms with Gasteiger partial charge in [0.2, 0.25) is 11.8 Å². The summed E-state index contributed by atoms with van der Waals surface area (Å²) in [6.07, 6.45) is 0.765. The molecule has 22 heavy (non-hydrogen) atoms. The number of sulfone groups is 1. The monoisotopic (exact) mass is 332 g/mol. The van der Waals surface area contributed by atoms with Gasteiger partial charge in [0, 0.05) is 39.0 Å². The van der Waals surface area contributed by atoms with Crippen LogP contribution in [0.1, 0.15) is 40.5 Å². The number of carbonyl (C=O) groups excluding carboxylic acids is 2. The van der Waals surface area contributed by atoms with E-state index >= 15 is 0 Å². The van der Waals surface area contributed by atoms with E-state index in [0.29, 0.717) is 32.0 Å². The van der Waals surface area contributed by atoms with Crippen LogP contribution in [0.15, 0.2) is 0 Å². The molecule has 1 saturated heterocycles. The first-order valence-corrected chi connectivity index (χ1v) is 9.73. The van der Waals surface area contributed by atoms with Gasteiger partial charge in [0.25, 0.3) is 0 Å². The molecule has 1 unspecified atom stereocenters. The Bertz CT molecular complexity index is 502. The molecule has 2 amide bonds. The lowest BCUT2D eigenvalue weighted by Gasteiger charge is -2.29. The molecule has 0 aromatic carbocycles. The van der Waals surface area contributed by atoms with Crippen LogP contribution in [0, 0.1) is 5.92 Å². The third kappa shape index (κ3) is 5.59. The normalized spacial score (nSPS) is 20.1. The van der Waals surface area contributed by atoms with Crippen LogP contribution in [0.2, 0.25) is 0 Å². The quantitative estimate of drug-likeness (QED) is 0.695. The van der Waals surface area contributed by atoms with Gasteiger partial charge < -0.3 is 9.80 Å². The first-order chi connectivity index (χ1) is 10.2. The zero-order valence-corrected chi connectivity index (χ0v) is 14.9. The second kappa shape index (κ2) is 7.94. The first-order valence-electron chi connectivity index (χ1n) is 7.91. The number of rotatable bonds is 7. The van der Waals surface area contributed by atoms with E-state index in [4.69, 9.17) is 0 Å². The molecule has 0 N–H and O–H groups in total. The predicted molar refractivity (Wildman–Crippen MR) is 86.2 cm³/mol. The largest absolute Gasteiger partial charge is 0.342 e. The molecular formula is C15H28N2O4S. The van der Waals surface area contributed by atoms with Gasteiger partial charge in [-0.1, -0.05) is 13.8 Å². The van der Waals surface area contributed by atoms with Gasteiger partial charge in [-0.2, -0.15) is 0 Å². The standard InChI is InChI=1S/C15H28N2O4S/c1-5-17(14-7-9-22(20,21)11-14)15(19)6-8-16(13(4)18)10-12(2)3/h12,14H,5-11H2,1-4H3. The van der Waals surface area contributed by atoms with Gasteiger partial charge in [0.1, 0.15) is 0 Å². The summed E-state index contributed by atoms with van der Waals surface area (Å²) in [5.74, 6) is 0.470. The maximum Gasteiger partial charge on any atom is 0.224 e. The van der Waals surface area contributed by atoms with Crippen molar-refractivity contribution in [2.24, 2.45) is 5.92 Å². The highest BCUT2D eigenvalue weighted by atomic mass is 32.2. The zero-order chi connectivity index (χ0) is 16.9. The fourth-order valence-electron chi connectivity index (χ4n) is 2.85. The average Bonchev–Trinajstić information content (AvgIpc) is 2.74. The molecule has 1 atom stereocenters. The summed E-state index contributed by atoms with van der Waals surface area (Å²) in [4.78, 5) is 27.3. The van der Waals surface area contributed by atoms with E-state index in [0.717, 1.165) is 0 Å². The molecule has 0 radical (unpaired) electrons. The summed E-state index contributed by atoms with van der Waals surface area (Å²) >= 11 is 0. The summed E-state index contributed by atoms with van der Waals surface area (Å²) in [5.41, 5.74) is 0. The Labute approximate surface area is 133 Å². The molecule has 1 aliphatic rings. The molecule has 1 aliphatic heterocycles. The first kappa shape index (κ1) is 18.9. The van der Waals surface area contributed by atoms with Crippen molar-refractivity contribution in [3.8, 4) is 0 Å². The van der Waals surface area contributed by atoms with E-state index in [1.807, 2.05) is 20.8 Å². The molecule has 1 heterocycles. The van der Waals surface area contributed by atoms with Crippen molar-refractivity contribution in [2.75, 3.05) is 31.1 Å². The van der Waals surface area contributed by atoms with E-state index in [-0.39, 0.29) is 35.8 Å². The molecule has 7 heteroatoms. The second-order valence-electron chi connectivity index (χ2n) is 6.35. The molecule has 1 rings (SSSR count). The zero-order valence-electron chi connectivity index (χ0n) is 14.0. The molecule has 6 nitrogen and oxygen atoms in total. The molecule has 1 fully saturated rings. The molecular weight excluding hydrogens is 304 g/mol. The van der Waals surface area contributed by atoms with Gasteiger partial charge in [0.05, 0.1) is 11.5 Å². The summed E-state index contributed by atoms with van der Waals surface area (Å²) in [5, 5.41) is 0. The van der Waals surface area contributed by atoms with Gasteiger partial charge in [-0.3, -0.25) is 9.59 Å². The minimum atomic E-state index is -3.00. The second-order valence-corrected chi connectivity index (χ2v) is 8.57. The van der Waals surface area contributed by atoms with E-state index in [2.05, 4.69) is 0 Å². The summed E-state index contributed by atoms with van der Waals surface area (Å²) in [6, 6.07) is -0.210. The van der Waals surface area contributed by atoms with Crippen molar-refractivity contribution in [1.29, 1.82) is 0 Å². The Kier molecular flexibility index (Phi) is 6.84. The van der Waals surface area contributed by atoms with E-state index in [1.54, 1.807) is 9.80 Å². The van der Waals surface area contributed by atoms with Crippen molar-refractivity contribution in [2.45, 2.75) is 46.6 Å². The minimum Gasteiger partial charge on any atom is -0.342 e. The Morgan fingerprint density at radius 2 is 1.91 bits per heavy atom. The molecule has 0 spiro atoms. The third-order valence-corrected chi connectivity index (χ3v) is 5.69. The summed E-state index contributed by atoms with van der Waals surface area (Å²) in [7, 11) is -3.00. The van der Waals surface area contributed by atoms with Gasteiger partial charge in [-0.15, -0.1) is 0 Å². The lowest BCUT2D eigenvalue weighted by Crippen LogP contribution is -2.43. The van der Waals surface area contributed by atoms with Crippen LogP contribution in [0.3, 0.4) is 0 Å². The van der Waals surface area contributed by atoms with Gasteiger partial charge >= 0.3 is 0 Å². The van der Waals surface area contributed by atoms with Crippen LogP contribution in [-0.2, 0) is 19.4 Å². The van der Waals surface area contributed by atoms with E-state index in [1.165, 1.54) is 6.92 Å². The number of carbonyl (C=O) groups is 2. The van der Waals surface area contributed by atoms with Crippen LogP contribution in [-0.4, -0.2) is 67.2 Å². The fourth-order valence-corrected chi connectivity index (χ4v) is 4.58. The Morgan fingerprint density at radius 1 is 1.27 bits per heavy atom. The minimum absolute atomic E-state index is 0.0343. The molecule has 0 saturated carbocycles. The lowest BCUT2D eigenvalue weighted by atomic mass is 10.2. The topological polar surface area (TPSA) is 74.8 Å². The average molecular weight is 332 g/mol. The van der Waals surface area contributed by atoms with Crippen LogP contribution in [0.5, 0.6) is 0 Å². The van der Waals surface area contributed by atoms with E-state index in [9.17, 15) is 18.0 Å². The summed E-state index contributed by atoms with van der Waals surface area (Å²) in [6.45, 7) is 8.95. The van der Waals surface area contributed by atoms with Crippen molar-refractivity contribution in [3.05, 3.63) is 0 Å². The smallest absolute Gasteiger partial charge is 0.224 e. The maximum atomic E-state index is 12.4. The molecule has 0 aliphatic carbocycles. The third-order valence-electron chi connectivity index (χ3n) is 3.94. The number of amides is 2. The van der Waals surface area contributed by atoms with Crippen molar-refractivity contribution < 1.29 is 18.0 Å². The van der Waals surface area contributed by atoms with Crippen molar-refractivity contribution in [3.63, 3.8) is 0 Å². The van der Waals surface area contributed by atoms with E-state index < -0.39 is 9.84 Å². The Morgan fingerprint density at radius 3 is 2.32 bits per heavy atom.